The molecule has 1 N–H and O–H groups in total. The highest BCUT2D eigenvalue weighted by Crippen LogP contribution is 2.25. The van der Waals surface area contributed by atoms with Crippen LogP contribution in [-0.4, -0.2) is 51.3 Å². The fraction of sp³-hybridized carbons (Fsp3) is 0.632. The van der Waals surface area contributed by atoms with E-state index in [4.69, 9.17) is 0 Å². The minimum atomic E-state index is -3.67. The zero-order valence-electron chi connectivity index (χ0n) is 17.8. The minimum Gasteiger partial charge on any atom is -0.352 e. The highest BCUT2D eigenvalue weighted by atomic mass is 32.2. The number of hydrogen-bond acceptors (Lipinski definition) is 5. The third kappa shape index (κ3) is 4.23. The Kier molecular flexibility index (Phi) is 6.13. The lowest BCUT2D eigenvalue weighted by molar-refractivity contribution is -0.126. The maximum Gasteiger partial charge on any atom is 0.246 e. The summed E-state index contributed by atoms with van der Waals surface area (Å²) in [5.41, 5.74) is 3.39. The number of piperidine rings is 1. The van der Waals surface area contributed by atoms with E-state index in [2.05, 4.69) is 15.5 Å². The highest BCUT2D eigenvalue weighted by Gasteiger charge is 2.35. The van der Waals surface area contributed by atoms with E-state index < -0.39 is 10.0 Å². The third-order valence-electron chi connectivity index (χ3n) is 5.70. The van der Waals surface area contributed by atoms with Gasteiger partial charge in [0.1, 0.15) is 4.90 Å². The number of amides is 1. The zero-order chi connectivity index (χ0) is 21.3. The molecule has 1 aliphatic rings. The molecule has 2 aromatic rings. The van der Waals surface area contributed by atoms with Crippen LogP contribution in [0.4, 0.5) is 0 Å². The largest absolute Gasteiger partial charge is 0.352 e. The minimum absolute atomic E-state index is 0.117. The van der Waals surface area contributed by atoms with Gasteiger partial charge in [0.2, 0.25) is 15.9 Å². The second kappa shape index (κ2) is 8.27. The predicted molar refractivity (Wildman–Crippen MR) is 109 cm³/mol. The summed E-state index contributed by atoms with van der Waals surface area (Å²) >= 11 is 0. The van der Waals surface area contributed by atoms with Crippen LogP contribution in [0.1, 0.15) is 42.4 Å². The number of carbonyl (C=O) groups is 1. The van der Waals surface area contributed by atoms with Crippen LogP contribution >= 0.6 is 0 Å². The molecule has 0 aliphatic carbocycles. The number of nitrogens with one attached hydrogen (secondary N) is 1. The number of aryl methyl sites for hydroxylation is 4. The average molecular weight is 423 g/mol. The number of hydrogen-bond donors (Lipinski definition) is 1. The highest BCUT2D eigenvalue weighted by molar-refractivity contribution is 7.89. The Balaban J connectivity index is 1.69. The summed E-state index contributed by atoms with van der Waals surface area (Å²) in [4.78, 5) is 13.0. The Morgan fingerprint density at radius 2 is 1.97 bits per heavy atom. The van der Waals surface area contributed by atoms with Crippen LogP contribution in [-0.2, 0) is 35.0 Å². The van der Waals surface area contributed by atoms with Crippen LogP contribution in [0.15, 0.2) is 11.1 Å². The van der Waals surface area contributed by atoms with E-state index >= 15 is 0 Å². The monoisotopic (exact) mass is 422 g/mol. The Morgan fingerprint density at radius 1 is 1.24 bits per heavy atom. The molecule has 160 valence electrons. The molecule has 0 aromatic carbocycles. The number of carbonyl (C=O) groups excluding carboxylic acids is 1. The fourth-order valence-electron chi connectivity index (χ4n) is 3.82. The SMILES string of the molecule is CCn1cc(S(=O)(=O)N2CCC[C@H](C(=O)NCc3c(C)nn(C)c3C)C2)c(C)n1. The van der Waals surface area contributed by atoms with Gasteiger partial charge < -0.3 is 5.32 Å². The van der Waals surface area contributed by atoms with Crippen LogP contribution in [0, 0.1) is 26.7 Å². The lowest BCUT2D eigenvalue weighted by Gasteiger charge is -2.31. The normalized spacial score (nSPS) is 18.2. The standard InChI is InChI=1S/C19H30N6O3S/c1-6-24-12-18(14(3)22-24)29(27,28)25-9-7-8-16(11-25)19(26)20-10-17-13(2)21-23(5)15(17)4/h12,16H,6-11H2,1-5H3,(H,20,26)/t16-/m0/s1. The van der Waals surface area contributed by atoms with Crippen molar-refractivity contribution in [3.63, 3.8) is 0 Å². The van der Waals surface area contributed by atoms with Gasteiger partial charge in [0.15, 0.2) is 0 Å². The summed E-state index contributed by atoms with van der Waals surface area (Å²) in [6, 6.07) is 0. The van der Waals surface area contributed by atoms with Crippen molar-refractivity contribution >= 4 is 15.9 Å². The quantitative estimate of drug-likeness (QED) is 0.755. The van der Waals surface area contributed by atoms with Gasteiger partial charge in [-0.25, -0.2) is 8.42 Å². The molecule has 1 aliphatic heterocycles. The van der Waals surface area contributed by atoms with Gasteiger partial charge in [0.25, 0.3) is 0 Å². The van der Waals surface area contributed by atoms with E-state index in [0.717, 1.165) is 17.0 Å². The molecule has 1 saturated heterocycles. The Hall–Kier alpha value is -2.20. The molecule has 9 nitrogen and oxygen atoms in total. The van der Waals surface area contributed by atoms with Crippen molar-refractivity contribution < 1.29 is 13.2 Å². The van der Waals surface area contributed by atoms with E-state index in [1.165, 1.54) is 4.31 Å². The molecular weight excluding hydrogens is 392 g/mol. The van der Waals surface area contributed by atoms with Crippen molar-refractivity contribution in [2.45, 2.75) is 58.5 Å². The van der Waals surface area contributed by atoms with Crippen molar-refractivity contribution in [2.24, 2.45) is 13.0 Å². The Labute approximate surface area is 172 Å². The zero-order valence-corrected chi connectivity index (χ0v) is 18.6. The molecule has 0 saturated carbocycles. The van der Waals surface area contributed by atoms with Crippen LogP contribution in [0.5, 0.6) is 0 Å². The second-order valence-corrected chi connectivity index (χ2v) is 9.53. The molecule has 0 spiro atoms. The number of rotatable bonds is 6. The Morgan fingerprint density at radius 3 is 2.55 bits per heavy atom. The van der Waals surface area contributed by atoms with Crippen molar-refractivity contribution in [1.82, 2.24) is 29.2 Å². The first-order valence-electron chi connectivity index (χ1n) is 9.96. The molecule has 3 heterocycles. The lowest BCUT2D eigenvalue weighted by atomic mass is 9.98. The van der Waals surface area contributed by atoms with Gasteiger partial charge in [-0.2, -0.15) is 14.5 Å². The van der Waals surface area contributed by atoms with Crippen molar-refractivity contribution in [3.05, 3.63) is 28.8 Å². The summed E-state index contributed by atoms with van der Waals surface area (Å²) < 4.78 is 31.1. The average Bonchev–Trinajstić information content (AvgIpc) is 3.19. The molecule has 2 aromatic heterocycles. The van der Waals surface area contributed by atoms with Crippen molar-refractivity contribution in [3.8, 4) is 0 Å². The van der Waals surface area contributed by atoms with E-state index in [1.54, 1.807) is 22.5 Å². The van der Waals surface area contributed by atoms with E-state index in [1.807, 2.05) is 27.8 Å². The molecule has 0 unspecified atom stereocenters. The molecule has 1 fully saturated rings. The molecule has 0 bridgehead atoms. The first-order valence-corrected chi connectivity index (χ1v) is 11.4. The topological polar surface area (TPSA) is 102 Å². The molecule has 1 amide bonds. The molecule has 1 atom stereocenters. The fourth-order valence-corrected chi connectivity index (χ4v) is 5.51. The first kappa shape index (κ1) is 21.5. The maximum absolute atomic E-state index is 13.1. The van der Waals surface area contributed by atoms with Gasteiger partial charge in [-0.15, -0.1) is 0 Å². The second-order valence-electron chi connectivity index (χ2n) is 7.63. The maximum atomic E-state index is 13.1. The van der Waals surface area contributed by atoms with Crippen LogP contribution < -0.4 is 5.32 Å². The summed E-state index contributed by atoms with van der Waals surface area (Å²) in [6.07, 6.45) is 2.90. The van der Waals surface area contributed by atoms with Gasteiger partial charge in [0.05, 0.1) is 17.3 Å². The van der Waals surface area contributed by atoms with E-state index in [9.17, 15) is 13.2 Å². The van der Waals surface area contributed by atoms with Gasteiger partial charge in [-0.05, 0) is 40.5 Å². The van der Waals surface area contributed by atoms with Gasteiger partial charge >= 0.3 is 0 Å². The van der Waals surface area contributed by atoms with Gasteiger partial charge in [0, 0.05) is 50.7 Å². The molecular formula is C19H30N6O3S. The van der Waals surface area contributed by atoms with Crippen LogP contribution in [0.2, 0.25) is 0 Å². The lowest BCUT2D eigenvalue weighted by Crippen LogP contribution is -2.45. The number of nitrogens with zero attached hydrogens (tertiary/aromatic N) is 5. The third-order valence-corrected chi connectivity index (χ3v) is 7.66. The van der Waals surface area contributed by atoms with Crippen LogP contribution in [0.3, 0.4) is 0 Å². The summed E-state index contributed by atoms with van der Waals surface area (Å²) in [6.45, 7) is 9.11. The molecule has 0 radical (unpaired) electrons. The molecule has 29 heavy (non-hydrogen) atoms. The molecule has 3 rings (SSSR count). The smallest absolute Gasteiger partial charge is 0.246 e. The first-order chi connectivity index (χ1) is 13.6. The number of sulfonamides is 1. The number of aromatic nitrogens is 4. The van der Waals surface area contributed by atoms with Crippen molar-refractivity contribution in [1.29, 1.82) is 0 Å². The summed E-state index contributed by atoms with van der Waals surface area (Å²) in [5, 5.41) is 11.6. The Bertz CT molecular complexity index is 1010. The van der Waals surface area contributed by atoms with Crippen LogP contribution in [0.25, 0.3) is 0 Å². The van der Waals surface area contributed by atoms with Gasteiger partial charge in [-0.1, -0.05) is 0 Å². The molecule has 10 heteroatoms. The summed E-state index contributed by atoms with van der Waals surface area (Å²) in [7, 11) is -1.79. The van der Waals surface area contributed by atoms with Gasteiger partial charge in [-0.3, -0.25) is 14.2 Å². The van der Waals surface area contributed by atoms with E-state index in [0.29, 0.717) is 38.2 Å². The predicted octanol–water partition coefficient (Wildman–Crippen LogP) is 1.28. The summed E-state index contributed by atoms with van der Waals surface area (Å²) in [5.74, 6) is -0.481. The van der Waals surface area contributed by atoms with Crippen molar-refractivity contribution in [2.75, 3.05) is 13.1 Å². The van der Waals surface area contributed by atoms with E-state index in [-0.39, 0.29) is 23.3 Å².